The zero-order chi connectivity index (χ0) is 44.5. The van der Waals surface area contributed by atoms with Crippen LogP contribution in [0.1, 0.15) is 92.3 Å². The van der Waals surface area contributed by atoms with E-state index in [1.807, 2.05) is 12.1 Å². The lowest BCUT2D eigenvalue weighted by atomic mass is 9.92. The normalized spacial score (nSPS) is 12.2. The average molecular weight is 824 g/mol. The Morgan fingerprint density at radius 2 is 0.730 bits per heavy atom. The maximum atomic E-state index is 10.3. The maximum Gasteiger partial charge on any atom is 0.120 e. The Kier molecular flexibility index (Phi) is 10.3. The van der Waals surface area contributed by atoms with Crippen LogP contribution < -0.4 is 0 Å². The van der Waals surface area contributed by atoms with Crippen LogP contribution in [0.2, 0.25) is 0 Å². The minimum absolute atomic E-state index is 0.821. The summed E-state index contributed by atoms with van der Waals surface area (Å²) in [4.78, 5) is 19.0. The molecule has 3 N–H and O–H groups in total. The third-order valence-corrected chi connectivity index (χ3v) is 12.2. The number of H-pyrrole nitrogens is 2. The van der Waals surface area contributed by atoms with Crippen LogP contribution in [-0.2, 0) is 0 Å². The van der Waals surface area contributed by atoms with E-state index in [1.54, 1.807) is 13.8 Å². The summed E-state index contributed by atoms with van der Waals surface area (Å²) >= 11 is 0. The monoisotopic (exact) mass is 823 g/mol. The highest BCUT2D eigenvalue weighted by molar-refractivity contribution is 6.02. The van der Waals surface area contributed by atoms with E-state index in [0.717, 1.165) is 78.2 Å². The molecule has 9 rings (SSSR count). The summed E-state index contributed by atoms with van der Waals surface area (Å²) in [7, 11) is 0. The quantitative estimate of drug-likeness (QED) is 0.155. The molecule has 3 aromatic heterocycles. The lowest BCUT2D eigenvalue weighted by Crippen LogP contribution is -2.14. The predicted molar refractivity (Wildman–Crippen MR) is 266 cm³/mol. The van der Waals surface area contributed by atoms with Gasteiger partial charge in [-0.15, -0.1) is 0 Å². The smallest absolute Gasteiger partial charge is 0.120 e. The van der Waals surface area contributed by atoms with Crippen molar-refractivity contribution in [1.82, 2.24) is 19.9 Å². The van der Waals surface area contributed by atoms with Crippen molar-refractivity contribution in [3.8, 4) is 56.3 Å². The van der Waals surface area contributed by atoms with Gasteiger partial charge in [-0.3, -0.25) is 0 Å². The lowest BCUT2D eigenvalue weighted by Gasteiger charge is -2.14. The SMILES string of the molecule is Cc1cc(C)c(-c2c3nc([13c](-c4ccc(C#CC(C)(C)O)cc4)c4nc(c(-c5c(C)cc(C)cc5C)c5ccc([nH]5)c(-c5c(C)cc(C)cc5C)c5ccc2[nH]5)C=C4)C=C3)c(C)c1. The summed E-state index contributed by atoms with van der Waals surface area (Å²) in [5.74, 6) is 6.09. The fraction of sp³-hybridized carbons (Fsp3) is 0.207. The molecule has 0 saturated heterocycles. The molecule has 7 aromatic rings. The summed E-state index contributed by atoms with van der Waals surface area (Å²) in [6, 6.07) is 30.7. The van der Waals surface area contributed by atoms with E-state index in [-0.39, 0.29) is 0 Å². The number of aryl methyl sites for hydroxylation is 9. The highest BCUT2D eigenvalue weighted by atomic mass is 16.3. The van der Waals surface area contributed by atoms with Gasteiger partial charge >= 0.3 is 0 Å². The van der Waals surface area contributed by atoms with Crippen molar-refractivity contribution in [2.75, 3.05) is 0 Å². The van der Waals surface area contributed by atoms with Crippen molar-refractivity contribution in [3.63, 3.8) is 0 Å². The van der Waals surface area contributed by atoms with Gasteiger partial charge in [-0.05, 0) is 192 Å². The van der Waals surface area contributed by atoms with Crippen molar-refractivity contribution < 1.29 is 5.11 Å². The molecule has 0 spiro atoms. The van der Waals surface area contributed by atoms with Gasteiger partial charge in [-0.25, -0.2) is 9.97 Å². The van der Waals surface area contributed by atoms with E-state index >= 15 is 0 Å². The van der Waals surface area contributed by atoms with Gasteiger partial charge in [0.15, 0.2) is 0 Å². The summed E-state index contributed by atoms with van der Waals surface area (Å²) in [5.41, 5.74) is 26.7. The molecular formula is C58H54N4O. The molecule has 4 aromatic carbocycles. The first-order chi connectivity index (χ1) is 30.0. The van der Waals surface area contributed by atoms with Gasteiger partial charge in [0.1, 0.15) is 5.60 Å². The van der Waals surface area contributed by atoms with Crippen LogP contribution in [0, 0.1) is 74.2 Å². The zero-order valence-corrected chi connectivity index (χ0v) is 38.2. The summed E-state index contributed by atoms with van der Waals surface area (Å²) in [6.45, 7) is 23.1. The Labute approximate surface area is 371 Å². The van der Waals surface area contributed by atoms with Gasteiger partial charge in [0.25, 0.3) is 0 Å². The molecule has 0 fully saturated rings. The van der Waals surface area contributed by atoms with Crippen LogP contribution >= 0.6 is 0 Å². The number of nitrogens with zero attached hydrogens (tertiary/aromatic N) is 2. The van der Waals surface area contributed by atoms with Gasteiger partial charge in [0.05, 0.1) is 22.8 Å². The zero-order valence-electron chi connectivity index (χ0n) is 38.2. The maximum absolute atomic E-state index is 10.3. The second-order valence-corrected chi connectivity index (χ2v) is 18.2. The molecule has 312 valence electrons. The number of hydrogen-bond acceptors (Lipinski definition) is 3. The molecule has 2 aliphatic heterocycles. The molecule has 63 heavy (non-hydrogen) atoms. The van der Waals surface area contributed by atoms with E-state index in [4.69, 9.17) is 9.97 Å². The Balaban J connectivity index is 1.48. The third-order valence-electron chi connectivity index (χ3n) is 12.2. The minimum atomic E-state index is -1.09. The van der Waals surface area contributed by atoms with Gasteiger partial charge in [0, 0.05) is 49.9 Å². The Hall–Kier alpha value is -7.00. The lowest BCUT2D eigenvalue weighted by molar-refractivity contribution is 0.143. The summed E-state index contributed by atoms with van der Waals surface area (Å²) in [6.07, 6.45) is 8.57. The number of aliphatic hydroxyl groups is 1. The van der Waals surface area contributed by atoms with Crippen molar-refractivity contribution in [3.05, 3.63) is 163 Å². The van der Waals surface area contributed by atoms with Crippen LogP contribution in [0.4, 0.5) is 0 Å². The number of rotatable bonds is 4. The van der Waals surface area contributed by atoms with E-state index in [1.165, 1.54) is 66.8 Å². The fourth-order valence-corrected chi connectivity index (χ4v) is 9.97. The van der Waals surface area contributed by atoms with E-state index in [2.05, 4.69) is 181 Å². The van der Waals surface area contributed by atoms with Gasteiger partial charge in [-0.1, -0.05) is 77.1 Å². The number of fused-ring (bicyclic) bond motifs is 8. The van der Waals surface area contributed by atoms with Gasteiger partial charge < -0.3 is 15.1 Å². The highest BCUT2D eigenvalue weighted by Crippen LogP contribution is 2.42. The van der Waals surface area contributed by atoms with Crippen molar-refractivity contribution in [2.45, 2.75) is 81.8 Å². The van der Waals surface area contributed by atoms with Crippen LogP contribution in [0.15, 0.2) is 84.9 Å². The molecule has 5 heterocycles. The van der Waals surface area contributed by atoms with Crippen LogP contribution in [0.5, 0.6) is 0 Å². The Morgan fingerprint density at radius 3 is 1.08 bits per heavy atom. The second-order valence-electron chi connectivity index (χ2n) is 18.2. The summed E-state index contributed by atoms with van der Waals surface area (Å²) < 4.78 is 0. The van der Waals surface area contributed by atoms with Gasteiger partial charge in [-0.2, -0.15) is 0 Å². The first-order valence-corrected chi connectivity index (χ1v) is 21.8. The summed E-state index contributed by atoms with van der Waals surface area (Å²) in [5, 5.41) is 10.3. The van der Waals surface area contributed by atoms with E-state index < -0.39 is 5.60 Å². The number of aromatic nitrogens is 4. The molecular weight excluding hydrogens is 770 g/mol. The molecule has 8 bridgehead atoms. The first-order valence-electron chi connectivity index (χ1n) is 21.8. The van der Waals surface area contributed by atoms with Crippen LogP contribution in [0.3, 0.4) is 0 Å². The van der Waals surface area contributed by atoms with Crippen molar-refractivity contribution in [2.24, 2.45) is 0 Å². The molecule has 0 unspecified atom stereocenters. The Morgan fingerprint density at radius 1 is 0.413 bits per heavy atom. The largest absolute Gasteiger partial charge is 0.378 e. The highest BCUT2D eigenvalue weighted by Gasteiger charge is 2.23. The standard InChI is InChI=1S/C58H54N4O/c1-32-26-35(4)51(36(5)27-32)55-45-18-16-43(59-45)54(42-14-12-41(13-15-42)24-25-58(10,11)63)44-17-19-46(60-44)56(52-37(6)28-33(2)29-38(52)7)48-21-23-50(62-48)57(49-22-20-47(55)61-49)53-39(8)30-34(3)31-40(53)9/h12-23,26-31,61-63H,1-11H3/i54+1. The van der Waals surface area contributed by atoms with Crippen molar-refractivity contribution >= 4 is 46.4 Å². The van der Waals surface area contributed by atoms with Crippen LogP contribution in [-0.4, -0.2) is 30.6 Å². The molecule has 0 amide bonds. The number of nitrogens with one attached hydrogen (secondary N) is 2. The average Bonchev–Trinajstić information content (AvgIpc) is 4.04. The van der Waals surface area contributed by atoms with E-state index in [0.29, 0.717) is 0 Å². The number of aromatic amines is 2. The Bertz CT molecular complexity index is 3120. The molecule has 0 aliphatic carbocycles. The van der Waals surface area contributed by atoms with Gasteiger partial charge in [0.2, 0.25) is 0 Å². The van der Waals surface area contributed by atoms with Crippen LogP contribution in [0.25, 0.3) is 90.9 Å². The number of benzene rings is 4. The molecule has 0 atom stereocenters. The molecule has 0 saturated carbocycles. The third kappa shape index (κ3) is 7.77. The topological polar surface area (TPSA) is 77.6 Å². The first kappa shape index (κ1) is 41.4. The number of hydrogen-bond donors (Lipinski definition) is 3. The minimum Gasteiger partial charge on any atom is -0.378 e. The fourth-order valence-electron chi connectivity index (χ4n) is 9.97. The molecule has 0 radical (unpaired) electrons. The molecule has 2 aliphatic rings. The predicted octanol–water partition coefficient (Wildman–Crippen LogP) is 14.2. The molecule has 5 nitrogen and oxygen atoms in total. The van der Waals surface area contributed by atoms with E-state index in [9.17, 15) is 5.11 Å². The second kappa shape index (κ2) is 15.7. The van der Waals surface area contributed by atoms with Crippen molar-refractivity contribution in [1.29, 1.82) is 0 Å². The molecule has 5 heteroatoms.